The highest BCUT2D eigenvalue weighted by Gasteiger charge is 2.13. The van der Waals surface area contributed by atoms with Crippen molar-refractivity contribution in [3.05, 3.63) is 34.3 Å². The molecule has 0 saturated carbocycles. The van der Waals surface area contributed by atoms with Crippen LogP contribution in [-0.2, 0) is 10.5 Å². The molecule has 0 radical (unpaired) electrons. The number of aromatic nitrogens is 2. The number of hydrogen-bond donors (Lipinski definition) is 2. The smallest absolute Gasteiger partial charge is 0.286 e. The Bertz CT molecular complexity index is 747. The first-order valence-electron chi connectivity index (χ1n) is 8.60. The monoisotopic (exact) mass is 408 g/mol. The molecule has 2 N–H and O–H groups in total. The maximum absolute atomic E-state index is 12.2. The predicted molar refractivity (Wildman–Crippen MR) is 109 cm³/mol. The number of nitrogens with one attached hydrogen (secondary N) is 2. The van der Waals surface area contributed by atoms with E-state index in [1.165, 1.54) is 23.1 Å². The number of benzene rings is 1. The lowest BCUT2D eigenvalue weighted by Crippen LogP contribution is -2.26. The summed E-state index contributed by atoms with van der Waals surface area (Å²) in [6.45, 7) is 4.95. The van der Waals surface area contributed by atoms with Crippen LogP contribution in [0.15, 0.2) is 24.3 Å². The average Bonchev–Trinajstić information content (AvgIpc) is 3.11. The third kappa shape index (κ3) is 7.56. The highest BCUT2D eigenvalue weighted by Crippen LogP contribution is 2.19. The van der Waals surface area contributed by atoms with E-state index in [9.17, 15) is 9.59 Å². The van der Waals surface area contributed by atoms with Gasteiger partial charge in [0.15, 0.2) is 0 Å². The number of amides is 2. The molecule has 0 aliphatic heterocycles. The number of methoxy groups -OCH3 is 1. The molecule has 1 aromatic heterocycles. The number of carbonyl (C=O) groups is 2. The van der Waals surface area contributed by atoms with E-state index in [2.05, 4.69) is 34.7 Å². The van der Waals surface area contributed by atoms with Gasteiger partial charge in [-0.15, -0.1) is 22.0 Å². The van der Waals surface area contributed by atoms with Crippen LogP contribution in [0, 0.1) is 5.92 Å². The molecule has 1 heterocycles. The SMILES string of the molecule is COc1ccc(NC(=O)c2nnc(CSCC(=O)NCCC(C)C)s2)cc1. The first kappa shape index (κ1) is 21.2. The fourth-order valence-electron chi connectivity index (χ4n) is 2.04. The van der Waals surface area contributed by atoms with E-state index in [1.807, 2.05) is 0 Å². The van der Waals surface area contributed by atoms with Crippen LogP contribution in [0.4, 0.5) is 5.69 Å². The van der Waals surface area contributed by atoms with Gasteiger partial charge in [0, 0.05) is 18.0 Å². The van der Waals surface area contributed by atoms with Crippen LogP contribution < -0.4 is 15.4 Å². The summed E-state index contributed by atoms with van der Waals surface area (Å²) in [5.41, 5.74) is 0.657. The largest absolute Gasteiger partial charge is 0.497 e. The molecule has 0 atom stereocenters. The van der Waals surface area contributed by atoms with Gasteiger partial charge in [0.05, 0.1) is 12.9 Å². The van der Waals surface area contributed by atoms with Crippen molar-refractivity contribution < 1.29 is 14.3 Å². The summed E-state index contributed by atoms with van der Waals surface area (Å²) >= 11 is 2.69. The van der Waals surface area contributed by atoms with Gasteiger partial charge in [-0.1, -0.05) is 25.2 Å². The van der Waals surface area contributed by atoms with Gasteiger partial charge >= 0.3 is 0 Å². The minimum Gasteiger partial charge on any atom is -0.497 e. The highest BCUT2D eigenvalue weighted by atomic mass is 32.2. The summed E-state index contributed by atoms with van der Waals surface area (Å²) in [5.74, 6) is 1.91. The normalized spacial score (nSPS) is 10.7. The fraction of sp³-hybridized carbons (Fsp3) is 0.444. The van der Waals surface area contributed by atoms with E-state index in [4.69, 9.17) is 4.74 Å². The van der Waals surface area contributed by atoms with Crippen molar-refractivity contribution in [1.29, 1.82) is 0 Å². The first-order valence-corrected chi connectivity index (χ1v) is 10.6. The molecule has 27 heavy (non-hydrogen) atoms. The molecule has 9 heteroatoms. The van der Waals surface area contributed by atoms with Crippen molar-refractivity contribution in [1.82, 2.24) is 15.5 Å². The summed E-state index contributed by atoms with van der Waals surface area (Å²) in [5, 5.41) is 14.6. The maximum atomic E-state index is 12.2. The first-order chi connectivity index (χ1) is 13.0. The number of ether oxygens (including phenoxy) is 1. The zero-order chi connectivity index (χ0) is 19.6. The minimum atomic E-state index is -0.305. The van der Waals surface area contributed by atoms with Gasteiger partial charge in [-0.3, -0.25) is 9.59 Å². The lowest BCUT2D eigenvalue weighted by atomic mass is 10.1. The predicted octanol–water partition coefficient (Wildman–Crippen LogP) is 3.19. The second-order valence-electron chi connectivity index (χ2n) is 6.21. The molecule has 1 aromatic carbocycles. The molecular formula is C18H24N4O3S2. The summed E-state index contributed by atoms with van der Waals surface area (Å²) < 4.78 is 5.08. The second kappa shape index (κ2) is 10.9. The molecule has 0 aliphatic carbocycles. The average molecular weight is 409 g/mol. The van der Waals surface area contributed by atoms with Crippen LogP contribution in [0.3, 0.4) is 0 Å². The van der Waals surface area contributed by atoms with Crippen LogP contribution in [0.25, 0.3) is 0 Å². The van der Waals surface area contributed by atoms with Crippen LogP contribution in [0.5, 0.6) is 5.75 Å². The van der Waals surface area contributed by atoms with E-state index in [0.29, 0.717) is 34.7 Å². The molecule has 0 unspecified atom stereocenters. The standard InChI is InChI=1S/C18H24N4O3S2/c1-12(2)8-9-19-15(23)10-26-11-16-21-22-18(27-16)17(24)20-13-4-6-14(25-3)7-5-13/h4-7,12H,8-11H2,1-3H3,(H,19,23)(H,20,24). The van der Waals surface area contributed by atoms with Gasteiger partial charge in [-0.25, -0.2) is 0 Å². The van der Waals surface area contributed by atoms with E-state index in [-0.39, 0.29) is 11.8 Å². The molecule has 2 rings (SSSR count). The highest BCUT2D eigenvalue weighted by molar-refractivity contribution is 7.99. The van der Waals surface area contributed by atoms with E-state index < -0.39 is 0 Å². The molecule has 0 saturated heterocycles. The lowest BCUT2D eigenvalue weighted by Gasteiger charge is -2.06. The Balaban J connectivity index is 1.75. The molecule has 0 bridgehead atoms. The second-order valence-corrected chi connectivity index (χ2v) is 8.26. The van der Waals surface area contributed by atoms with E-state index >= 15 is 0 Å². The summed E-state index contributed by atoms with van der Waals surface area (Å²) in [6, 6.07) is 7.05. The molecule has 7 nitrogen and oxygen atoms in total. The molecule has 0 aliphatic rings. The van der Waals surface area contributed by atoms with Gasteiger partial charge in [0.1, 0.15) is 10.8 Å². The Labute approximate surface area is 167 Å². The number of anilines is 1. The van der Waals surface area contributed by atoms with Gasteiger partial charge in [0.25, 0.3) is 5.91 Å². The maximum Gasteiger partial charge on any atom is 0.286 e. The van der Waals surface area contributed by atoms with Crippen LogP contribution in [0.2, 0.25) is 0 Å². The zero-order valence-corrected chi connectivity index (χ0v) is 17.3. The number of carbonyl (C=O) groups excluding carboxylic acids is 2. The Morgan fingerprint density at radius 1 is 1.22 bits per heavy atom. The van der Waals surface area contributed by atoms with Gasteiger partial charge in [0.2, 0.25) is 10.9 Å². The van der Waals surface area contributed by atoms with Crippen molar-refractivity contribution in [3.63, 3.8) is 0 Å². The minimum absolute atomic E-state index is 0.0163. The van der Waals surface area contributed by atoms with Crippen LogP contribution in [0.1, 0.15) is 35.1 Å². The zero-order valence-electron chi connectivity index (χ0n) is 15.7. The van der Waals surface area contributed by atoms with Crippen LogP contribution >= 0.6 is 23.1 Å². The van der Waals surface area contributed by atoms with Crippen molar-refractivity contribution in [2.24, 2.45) is 5.92 Å². The van der Waals surface area contributed by atoms with Crippen molar-refractivity contribution in [3.8, 4) is 5.75 Å². The molecule has 0 fully saturated rings. The molecule has 2 amide bonds. The molecular weight excluding hydrogens is 384 g/mol. The van der Waals surface area contributed by atoms with Gasteiger partial charge in [-0.05, 0) is 36.6 Å². The fourth-order valence-corrected chi connectivity index (χ4v) is 3.68. The van der Waals surface area contributed by atoms with Crippen molar-refractivity contribution in [2.45, 2.75) is 26.0 Å². The molecule has 0 spiro atoms. The lowest BCUT2D eigenvalue weighted by molar-refractivity contribution is -0.118. The number of nitrogens with zero attached hydrogens (tertiary/aromatic N) is 2. The van der Waals surface area contributed by atoms with E-state index in [0.717, 1.165) is 17.2 Å². The topological polar surface area (TPSA) is 93.2 Å². The molecule has 2 aromatic rings. The van der Waals surface area contributed by atoms with Gasteiger partial charge in [-0.2, -0.15) is 0 Å². The van der Waals surface area contributed by atoms with E-state index in [1.54, 1.807) is 31.4 Å². The number of hydrogen-bond acceptors (Lipinski definition) is 7. The number of thioether (sulfide) groups is 1. The third-order valence-corrected chi connectivity index (χ3v) is 5.56. The Kier molecular flexibility index (Phi) is 8.53. The van der Waals surface area contributed by atoms with Gasteiger partial charge < -0.3 is 15.4 Å². The Morgan fingerprint density at radius 2 is 1.96 bits per heavy atom. The summed E-state index contributed by atoms with van der Waals surface area (Å²) in [7, 11) is 1.59. The number of rotatable bonds is 10. The Morgan fingerprint density at radius 3 is 2.63 bits per heavy atom. The van der Waals surface area contributed by atoms with Crippen molar-refractivity contribution >= 4 is 40.6 Å². The third-order valence-electron chi connectivity index (χ3n) is 3.51. The summed E-state index contributed by atoms with van der Waals surface area (Å²) in [6.07, 6.45) is 0.972. The summed E-state index contributed by atoms with van der Waals surface area (Å²) in [4.78, 5) is 24.0. The molecule has 146 valence electrons. The van der Waals surface area contributed by atoms with Crippen molar-refractivity contribution in [2.75, 3.05) is 24.7 Å². The quantitative estimate of drug-likeness (QED) is 0.627. The Hall–Kier alpha value is -2.13. The van der Waals surface area contributed by atoms with Crippen LogP contribution in [-0.4, -0.2) is 41.4 Å².